The fraction of sp³-hybridized carbons (Fsp3) is 0. The molecule has 0 N–H and O–H groups in total. The Hall–Kier alpha value is -6.06. The molecule has 10 rings (SSSR count). The lowest BCUT2D eigenvalue weighted by atomic mass is 10.0. The molecule has 3 heteroatoms. The van der Waals surface area contributed by atoms with Crippen LogP contribution in [-0.4, -0.2) is 4.57 Å². The Morgan fingerprint density at radius 3 is 1.91 bits per heavy atom. The van der Waals surface area contributed by atoms with Gasteiger partial charge in [0.15, 0.2) is 5.58 Å². The van der Waals surface area contributed by atoms with Crippen molar-refractivity contribution >= 4 is 65.7 Å². The Labute approximate surface area is 258 Å². The van der Waals surface area contributed by atoms with Crippen LogP contribution in [-0.2, 0) is 0 Å². The highest BCUT2D eigenvalue weighted by atomic mass is 16.3. The van der Waals surface area contributed by atoms with Gasteiger partial charge in [-0.3, -0.25) is 0 Å². The van der Waals surface area contributed by atoms with Crippen molar-refractivity contribution in [2.75, 3.05) is 0 Å². The lowest BCUT2D eigenvalue weighted by Crippen LogP contribution is -1.94. The lowest BCUT2D eigenvalue weighted by Gasteiger charge is -2.09. The summed E-state index contributed by atoms with van der Waals surface area (Å²) in [7, 11) is 0. The number of benzene rings is 7. The second kappa shape index (κ2) is 9.22. The van der Waals surface area contributed by atoms with E-state index in [4.69, 9.17) is 8.83 Å². The third kappa shape index (κ3) is 3.52. The van der Waals surface area contributed by atoms with Crippen molar-refractivity contribution in [3.63, 3.8) is 0 Å². The van der Waals surface area contributed by atoms with Gasteiger partial charge >= 0.3 is 0 Å². The summed E-state index contributed by atoms with van der Waals surface area (Å²) in [4.78, 5) is 0. The summed E-state index contributed by atoms with van der Waals surface area (Å²) in [6, 6.07) is 53.5. The number of furan rings is 2. The van der Waals surface area contributed by atoms with Crippen molar-refractivity contribution in [1.29, 1.82) is 0 Å². The predicted octanol–water partition coefficient (Wildman–Crippen LogP) is 11.9. The molecule has 0 unspecified atom stereocenters. The number of hydrogen-bond acceptors (Lipinski definition) is 2. The van der Waals surface area contributed by atoms with Gasteiger partial charge in [0.05, 0.1) is 16.7 Å². The monoisotopic (exact) mass is 575 g/mol. The Kier molecular flexibility index (Phi) is 5.00. The van der Waals surface area contributed by atoms with Gasteiger partial charge in [-0.15, -0.1) is 0 Å². The van der Waals surface area contributed by atoms with Gasteiger partial charge in [-0.1, -0.05) is 109 Å². The van der Waals surface area contributed by atoms with E-state index in [0.717, 1.165) is 71.7 Å². The Morgan fingerprint density at radius 1 is 0.356 bits per heavy atom. The largest absolute Gasteiger partial charge is 0.455 e. The van der Waals surface area contributed by atoms with Crippen LogP contribution in [0.1, 0.15) is 0 Å². The minimum absolute atomic E-state index is 0.866. The SMILES string of the molecule is c1ccc(-c2ccc3c(c2)c2ccccc2n3-c2cccc3c2oc2ccc(-c4cccc5c4oc4ccccc45)cc23)cc1. The maximum Gasteiger partial charge on any atom is 0.159 e. The molecule has 0 bridgehead atoms. The summed E-state index contributed by atoms with van der Waals surface area (Å²) in [6.07, 6.45) is 0. The molecule has 3 aromatic heterocycles. The summed E-state index contributed by atoms with van der Waals surface area (Å²) >= 11 is 0. The summed E-state index contributed by atoms with van der Waals surface area (Å²) in [5.41, 5.74) is 11.5. The van der Waals surface area contributed by atoms with Crippen LogP contribution in [0.3, 0.4) is 0 Å². The van der Waals surface area contributed by atoms with Gasteiger partial charge in [-0.25, -0.2) is 0 Å². The van der Waals surface area contributed by atoms with Crippen LogP contribution in [0.25, 0.3) is 93.6 Å². The average Bonchev–Trinajstić information content (AvgIpc) is 3.78. The molecule has 0 radical (unpaired) electrons. The zero-order valence-corrected chi connectivity index (χ0v) is 24.2. The molecule has 10 aromatic rings. The van der Waals surface area contributed by atoms with Crippen LogP contribution < -0.4 is 0 Å². The molecule has 0 aliphatic carbocycles. The molecule has 7 aromatic carbocycles. The zero-order chi connectivity index (χ0) is 29.5. The van der Waals surface area contributed by atoms with Crippen molar-refractivity contribution in [2.24, 2.45) is 0 Å². The van der Waals surface area contributed by atoms with E-state index >= 15 is 0 Å². The van der Waals surface area contributed by atoms with Crippen molar-refractivity contribution in [3.05, 3.63) is 152 Å². The lowest BCUT2D eigenvalue weighted by molar-refractivity contribution is 0.666. The van der Waals surface area contributed by atoms with Gasteiger partial charge in [0.2, 0.25) is 0 Å². The number of rotatable bonds is 3. The fourth-order valence-corrected chi connectivity index (χ4v) is 7.14. The summed E-state index contributed by atoms with van der Waals surface area (Å²) in [5.74, 6) is 0. The molecule has 0 spiro atoms. The fourth-order valence-electron chi connectivity index (χ4n) is 7.14. The maximum atomic E-state index is 6.68. The van der Waals surface area contributed by atoms with Crippen molar-refractivity contribution in [2.45, 2.75) is 0 Å². The smallest absolute Gasteiger partial charge is 0.159 e. The molecule has 0 fully saturated rings. The number of fused-ring (bicyclic) bond motifs is 9. The van der Waals surface area contributed by atoms with Crippen LogP contribution in [0.4, 0.5) is 0 Å². The molecule has 3 nitrogen and oxygen atoms in total. The van der Waals surface area contributed by atoms with E-state index < -0.39 is 0 Å². The summed E-state index contributed by atoms with van der Waals surface area (Å²) in [6.45, 7) is 0. The zero-order valence-electron chi connectivity index (χ0n) is 24.2. The van der Waals surface area contributed by atoms with Crippen LogP contribution in [0.15, 0.2) is 160 Å². The van der Waals surface area contributed by atoms with Crippen molar-refractivity contribution in [3.8, 4) is 27.9 Å². The van der Waals surface area contributed by atoms with Gasteiger partial charge in [0.25, 0.3) is 0 Å². The van der Waals surface area contributed by atoms with Crippen LogP contribution in [0, 0.1) is 0 Å². The minimum atomic E-state index is 0.866. The highest BCUT2D eigenvalue weighted by Crippen LogP contribution is 2.41. The molecule has 0 aliphatic heterocycles. The van der Waals surface area contributed by atoms with Gasteiger partial charge in [0, 0.05) is 37.9 Å². The molecule has 210 valence electrons. The van der Waals surface area contributed by atoms with Gasteiger partial charge in [-0.2, -0.15) is 0 Å². The molecular weight excluding hydrogens is 550 g/mol. The van der Waals surface area contributed by atoms with Crippen molar-refractivity contribution < 1.29 is 8.83 Å². The first kappa shape index (κ1) is 24.4. The summed E-state index contributed by atoms with van der Waals surface area (Å²) < 4.78 is 15.4. The van der Waals surface area contributed by atoms with E-state index in [2.05, 4.69) is 144 Å². The number of hydrogen-bond donors (Lipinski definition) is 0. The van der Waals surface area contributed by atoms with Crippen molar-refractivity contribution in [1.82, 2.24) is 4.57 Å². The number of nitrogens with zero attached hydrogens (tertiary/aromatic N) is 1. The standard InChI is InChI=1S/C42H25NO2/c1-2-10-26(11-3-1)27-20-22-37-34(24-27)30-12-4-6-17-36(30)43(37)38-18-9-16-33-35-25-28(21-23-40(35)45-42(33)38)29-14-8-15-32-31-13-5-7-19-39(31)44-41(29)32/h1-25H. The Bertz CT molecular complexity index is 2760. The van der Waals surface area contributed by atoms with Crippen LogP contribution in [0.2, 0.25) is 0 Å². The highest BCUT2D eigenvalue weighted by Gasteiger charge is 2.19. The molecule has 0 amide bonds. The normalized spacial score (nSPS) is 12.0. The Morgan fingerprint density at radius 2 is 1.00 bits per heavy atom. The maximum absolute atomic E-state index is 6.68. The summed E-state index contributed by atoms with van der Waals surface area (Å²) in [5, 5.41) is 6.89. The van der Waals surface area contributed by atoms with E-state index in [1.165, 1.54) is 21.9 Å². The highest BCUT2D eigenvalue weighted by molar-refractivity contribution is 6.15. The molecule has 3 heterocycles. The van der Waals surface area contributed by atoms with Gasteiger partial charge < -0.3 is 13.4 Å². The third-order valence-electron chi connectivity index (χ3n) is 9.21. The molecule has 0 saturated heterocycles. The first-order valence-electron chi connectivity index (χ1n) is 15.3. The van der Waals surface area contributed by atoms with E-state index in [1.54, 1.807) is 0 Å². The number of aromatic nitrogens is 1. The molecule has 0 aliphatic rings. The van der Waals surface area contributed by atoms with Crippen LogP contribution in [0.5, 0.6) is 0 Å². The second-order valence-electron chi connectivity index (χ2n) is 11.7. The Balaban J connectivity index is 1.19. The molecule has 0 saturated carbocycles. The third-order valence-corrected chi connectivity index (χ3v) is 9.21. The number of para-hydroxylation sites is 4. The van der Waals surface area contributed by atoms with Gasteiger partial charge in [0.1, 0.15) is 16.7 Å². The topological polar surface area (TPSA) is 31.2 Å². The second-order valence-corrected chi connectivity index (χ2v) is 11.7. The molecular formula is C42H25NO2. The van der Waals surface area contributed by atoms with E-state index in [0.29, 0.717) is 0 Å². The average molecular weight is 576 g/mol. The first-order chi connectivity index (χ1) is 22.3. The molecule has 0 atom stereocenters. The van der Waals surface area contributed by atoms with Gasteiger partial charge in [-0.05, 0) is 59.2 Å². The predicted molar refractivity (Wildman–Crippen MR) is 186 cm³/mol. The quantitative estimate of drug-likeness (QED) is 0.210. The van der Waals surface area contributed by atoms with E-state index in [-0.39, 0.29) is 0 Å². The minimum Gasteiger partial charge on any atom is -0.455 e. The van der Waals surface area contributed by atoms with E-state index in [9.17, 15) is 0 Å². The van der Waals surface area contributed by atoms with E-state index in [1.807, 2.05) is 12.1 Å². The van der Waals surface area contributed by atoms with Crippen LogP contribution >= 0.6 is 0 Å². The first-order valence-corrected chi connectivity index (χ1v) is 15.3. The molecule has 45 heavy (non-hydrogen) atoms.